The second kappa shape index (κ2) is 7.65. The van der Waals surface area contributed by atoms with Gasteiger partial charge in [0.25, 0.3) is 5.91 Å². The number of sulfonamides is 1. The average Bonchev–Trinajstić information content (AvgIpc) is 3.39. The first-order chi connectivity index (χ1) is 12.3. The second-order valence-corrected chi connectivity index (χ2v) is 8.29. The largest absolute Gasteiger partial charge is 0.484 e. The number of anilines is 1. The molecular formula is C18H19ClN2O4S. The summed E-state index contributed by atoms with van der Waals surface area (Å²) < 4.78 is 32.5. The van der Waals surface area contributed by atoms with Crippen molar-refractivity contribution in [3.63, 3.8) is 0 Å². The zero-order valence-electron chi connectivity index (χ0n) is 14.2. The van der Waals surface area contributed by atoms with Crippen molar-refractivity contribution in [3.8, 4) is 5.75 Å². The molecule has 0 radical (unpaired) electrons. The Labute approximate surface area is 157 Å². The van der Waals surface area contributed by atoms with Gasteiger partial charge in [-0.3, -0.25) is 4.79 Å². The molecule has 6 nitrogen and oxygen atoms in total. The Morgan fingerprint density at radius 3 is 2.69 bits per heavy atom. The van der Waals surface area contributed by atoms with E-state index in [1.807, 2.05) is 6.92 Å². The lowest BCUT2D eigenvalue weighted by Crippen LogP contribution is -2.26. The van der Waals surface area contributed by atoms with Gasteiger partial charge in [-0.25, -0.2) is 13.1 Å². The molecule has 2 N–H and O–H groups in total. The summed E-state index contributed by atoms with van der Waals surface area (Å²) in [5.74, 6) is 0.148. The Bertz CT molecular complexity index is 927. The van der Waals surface area contributed by atoms with Crippen LogP contribution in [0.3, 0.4) is 0 Å². The van der Waals surface area contributed by atoms with Crippen LogP contribution in [0.15, 0.2) is 47.4 Å². The van der Waals surface area contributed by atoms with Gasteiger partial charge in [-0.05, 0) is 61.7 Å². The van der Waals surface area contributed by atoms with Gasteiger partial charge in [0.05, 0.1) is 4.90 Å². The molecule has 0 unspecified atom stereocenters. The van der Waals surface area contributed by atoms with Gasteiger partial charge in [-0.1, -0.05) is 17.7 Å². The van der Waals surface area contributed by atoms with Gasteiger partial charge in [-0.2, -0.15) is 0 Å². The first kappa shape index (κ1) is 18.7. The van der Waals surface area contributed by atoms with Crippen molar-refractivity contribution in [2.24, 2.45) is 0 Å². The predicted molar refractivity (Wildman–Crippen MR) is 100 cm³/mol. The van der Waals surface area contributed by atoms with Gasteiger partial charge >= 0.3 is 0 Å². The Morgan fingerprint density at radius 1 is 1.23 bits per heavy atom. The fourth-order valence-corrected chi connectivity index (χ4v) is 3.75. The first-order valence-corrected chi connectivity index (χ1v) is 10.0. The summed E-state index contributed by atoms with van der Waals surface area (Å²) in [4.78, 5) is 12.2. The third-order valence-corrected chi connectivity index (χ3v) is 5.77. The fourth-order valence-electron chi connectivity index (χ4n) is 2.28. The number of hydrogen-bond donors (Lipinski definition) is 2. The molecule has 2 aromatic rings. The van der Waals surface area contributed by atoms with Crippen LogP contribution in [0.5, 0.6) is 5.75 Å². The number of carbonyl (C=O) groups is 1. The molecule has 0 aromatic heterocycles. The van der Waals surface area contributed by atoms with Crippen LogP contribution in [0.25, 0.3) is 0 Å². The van der Waals surface area contributed by atoms with E-state index in [1.165, 1.54) is 12.1 Å². The minimum absolute atomic E-state index is 0.0227. The van der Waals surface area contributed by atoms with E-state index in [2.05, 4.69) is 10.0 Å². The van der Waals surface area contributed by atoms with E-state index < -0.39 is 10.0 Å². The molecule has 0 heterocycles. The van der Waals surface area contributed by atoms with Crippen molar-refractivity contribution in [1.82, 2.24) is 4.72 Å². The fraction of sp³-hybridized carbons (Fsp3) is 0.278. The number of nitrogens with one attached hydrogen (secondary N) is 2. The number of hydrogen-bond acceptors (Lipinski definition) is 4. The van der Waals surface area contributed by atoms with Crippen molar-refractivity contribution in [1.29, 1.82) is 0 Å². The maximum absolute atomic E-state index is 12.2. The third-order valence-electron chi connectivity index (χ3n) is 3.83. The summed E-state index contributed by atoms with van der Waals surface area (Å²) in [6.45, 7) is 1.65. The van der Waals surface area contributed by atoms with Crippen LogP contribution in [0, 0.1) is 6.92 Å². The van der Waals surface area contributed by atoms with E-state index in [9.17, 15) is 13.2 Å². The van der Waals surface area contributed by atoms with Gasteiger partial charge in [0.2, 0.25) is 10.0 Å². The minimum Gasteiger partial charge on any atom is -0.484 e. The molecule has 0 bridgehead atoms. The Kier molecular flexibility index (Phi) is 5.50. The van der Waals surface area contributed by atoms with Gasteiger partial charge in [0.1, 0.15) is 5.75 Å². The van der Waals surface area contributed by atoms with Crippen LogP contribution in [0.2, 0.25) is 5.02 Å². The molecule has 0 saturated heterocycles. The summed E-state index contributed by atoms with van der Waals surface area (Å²) in [7, 11) is -3.56. The summed E-state index contributed by atoms with van der Waals surface area (Å²) >= 11 is 5.95. The van der Waals surface area contributed by atoms with Gasteiger partial charge in [-0.15, -0.1) is 0 Å². The number of amides is 1. The van der Waals surface area contributed by atoms with Crippen LogP contribution in [0.4, 0.5) is 5.69 Å². The molecule has 0 aliphatic heterocycles. The lowest BCUT2D eigenvalue weighted by atomic mass is 10.2. The molecule has 1 aliphatic carbocycles. The number of aryl methyl sites for hydroxylation is 1. The standard InChI is InChI=1S/C18H19ClN2O4S/c1-12-9-15(7-8-17(12)19)25-11-18(22)20-14-3-2-4-16(10-14)26(23,24)21-13-5-6-13/h2-4,7-10,13,21H,5-6,11H2,1H3,(H,20,22). The predicted octanol–water partition coefficient (Wildman–Crippen LogP) is 3.11. The van der Waals surface area contributed by atoms with Crippen molar-refractivity contribution in [2.75, 3.05) is 11.9 Å². The van der Waals surface area contributed by atoms with Gasteiger partial charge in [0, 0.05) is 16.8 Å². The molecule has 2 aromatic carbocycles. The van der Waals surface area contributed by atoms with Crippen LogP contribution in [0.1, 0.15) is 18.4 Å². The highest BCUT2D eigenvalue weighted by molar-refractivity contribution is 7.89. The molecule has 26 heavy (non-hydrogen) atoms. The average molecular weight is 395 g/mol. The third kappa shape index (κ3) is 4.97. The molecule has 3 rings (SSSR count). The smallest absolute Gasteiger partial charge is 0.262 e. The quantitative estimate of drug-likeness (QED) is 0.755. The zero-order valence-corrected chi connectivity index (χ0v) is 15.7. The summed E-state index contributed by atoms with van der Waals surface area (Å²) in [6, 6.07) is 11.3. The monoisotopic (exact) mass is 394 g/mol. The lowest BCUT2D eigenvalue weighted by molar-refractivity contribution is -0.118. The highest BCUT2D eigenvalue weighted by Gasteiger charge is 2.28. The number of benzene rings is 2. The maximum Gasteiger partial charge on any atom is 0.262 e. The van der Waals surface area contributed by atoms with Crippen molar-refractivity contribution < 1.29 is 17.9 Å². The number of rotatable bonds is 7. The Balaban J connectivity index is 1.60. The van der Waals surface area contributed by atoms with E-state index in [-0.39, 0.29) is 23.5 Å². The first-order valence-electron chi connectivity index (χ1n) is 8.15. The van der Waals surface area contributed by atoms with Gasteiger partial charge < -0.3 is 10.1 Å². The normalized spacial score (nSPS) is 14.1. The molecule has 0 spiro atoms. The van der Waals surface area contributed by atoms with E-state index >= 15 is 0 Å². The molecule has 138 valence electrons. The van der Waals surface area contributed by atoms with Crippen LogP contribution in [-0.2, 0) is 14.8 Å². The summed E-state index contributed by atoms with van der Waals surface area (Å²) in [5, 5.41) is 3.26. The lowest BCUT2D eigenvalue weighted by Gasteiger charge is -2.10. The van der Waals surface area contributed by atoms with Crippen molar-refractivity contribution in [3.05, 3.63) is 53.1 Å². The van der Waals surface area contributed by atoms with Crippen LogP contribution < -0.4 is 14.8 Å². The molecule has 1 amide bonds. The second-order valence-electron chi connectivity index (χ2n) is 6.17. The van der Waals surface area contributed by atoms with E-state index in [0.717, 1.165) is 18.4 Å². The molecule has 1 saturated carbocycles. The van der Waals surface area contributed by atoms with Crippen molar-refractivity contribution in [2.45, 2.75) is 30.7 Å². The zero-order chi connectivity index (χ0) is 18.7. The van der Waals surface area contributed by atoms with Crippen LogP contribution in [-0.4, -0.2) is 27.0 Å². The molecule has 1 fully saturated rings. The Hall–Kier alpha value is -2.09. The molecule has 8 heteroatoms. The molecule has 0 atom stereocenters. The van der Waals surface area contributed by atoms with E-state index in [1.54, 1.807) is 30.3 Å². The number of halogens is 1. The van der Waals surface area contributed by atoms with E-state index in [0.29, 0.717) is 16.5 Å². The Morgan fingerprint density at radius 2 is 2.00 bits per heavy atom. The molecule has 1 aliphatic rings. The summed E-state index contributed by atoms with van der Waals surface area (Å²) in [6.07, 6.45) is 1.72. The van der Waals surface area contributed by atoms with E-state index in [4.69, 9.17) is 16.3 Å². The van der Waals surface area contributed by atoms with Crippen LogP contribution >= 0.6 is 11.6 Å². The maximum atomic E-state index is 12.2. The highest BCUT2D eigenvalue weighted by Crippen LogP contribution is 2.23. The summed E-state index contributed by atoms with van der Waals surface area (Å²) in [5.41, 5.74) is 1.25. The SMILES string of the molecule is Cc1cc(OCC(=O)Nc2cccc(S(=O)(=O)NC3CC3)c2)ccc1Cl. The van der Waals surface area contributed by atoms with Gasteiger partial charge in [0.15, 0.2) is 6.61 Å². The topological polar surface area (TPSA) is 84.5 Å². The highest BCUT2D eigenvalue weighted by atomic mass is 35.5. The number of carbonyl (C=O) groups excluding carboxylic acids is 1. The van der Waals surface area contributed by atoms with Crippen molar-refractivity contribution >= 4 is 33.2 Å². The number of ether oxygens (including phenoxy) is 1. The minimum atomic E-state index is -3.56. The molecular weight excluding hydrogens is 376 g/mol.